The van der Waals surface area contributed by atoms with Crippen molar-refractivity contribution in [3.8, 4) is 0 Å². The minimum Gasteiger partial charge on any atom is -0.356 e. The van der Waals surface area contributed by atoms with Gasteiger partial charge in [-0.25, -0.2) is 4.98 Å². The highest BCUT2D eigenvalue weighted by molar-refractivity contribution is 5.52. The molecule has 1 heterocycles. The van der Waals surface area contributed by atoms with Crippen LogP contribution >= 0.6 is 0 Å². The van der Waals surface area contributed by atoms with Crippen LogP contribution in [0.4, 0.5) is 5.82 Å². The highest BCUT2D eigenvalue weighted by atomic mass is 15.2. The molecule has 112 valence electrons. The molecule has 3 heteroatoms. The average molecular weight is 275 g/mol. The number of pyridine rings is 1. The van der Waals surface area contributed by atoms with E-state index < -0.39 is 0 Å². The maximum absolute atomic E-state index is 4.85. The van der Waals surface area contributed by atoms with Gasteiger partial charge in [-0.1, -0.05) is 19.8 Å². The molecule has 0 saturated heterocycles. The zero-order valence-corrected chi connectivity index (χ0v) is 13.7. The normalized spacial score (nSPS) is 22.9. The van der Waals surface area contributed by atoms with Gasteiger partial charge in [0.2, 0.25) is 0 Å². The Morgan fingerprint density at radius 3 is 2.65 bits per heavy atom. The van der Waals surface area contributed by atoms with Crippen molar-refractivity contribution in [3.05, 3.63) is 22.9 Å². The largest absolute Gasteiger partial charge is 0.356 e. The van der Waals surface area contributed by atoms with Crippen LogP contribution in [0, 0.1) is 19.8 Å². The summed E-state index contributed by atoms with van der Waals surface area (Å²) >= 11 is 0. The summed E-state index contributed by atoms with van der Waals surface area (Å²) in [7, 11) is 4.24. The van der Waals surface area contributed by atoms with Gasteiger partial charge in [-0.3, -0.25) is 0 Å². The van der Waals surface area contributed by atoms with Crippen molar-refractivity contribution in [3.63, 3.8) is 0 Å². The number of rotatable bonds is 4. The first-order valence-electron chi connectivity index (χ1n) is 7.89. The van der Waals surface area contributed by atoms with Crippen molar-refractivity contribution in [2.24, 2.45) is 5.92 Å². The van der Waals surface area contributed by atoms with Gasteiger partial charge in [0, 0.05) is 30.9 Å². The second-order valence-corrected chi connectivity index (χ2v) is 6.35. The molecule has 0 amide bonds. The first-order valence-corrected chi connectivity index (χ1v) is 7.89. The molecule has 2 unspecified atom stereocenters. The summed E-state index contributed by atoms with van der Waals surface area (Å²) in [5.74, 6) is 1.94. The summed E-state index contributed by atoms with van der Waals surface area (Å²) in [6, 6.07) is 2.82. The number of nitrogens with one attached hydrogen (secondary N) is 1. The molecule has 1 aliphatic rings. The molecule has 1 fully saturated rings. The van der Waals surface area contributed by atoms with E-state index in [1.165, 1.54) is 42.6 Å². The number of aryl methyl sites for hydroxylation is 2. The van der Waals surface area contributed by atoms with Crippen LogP contribution in [0.5, 0.6) is 0 Å². The Morgan fingerprint density at radius 1 is 1.30 bits per heavy atom. The zero-order chi connectivity index (χ0) is 14.7. The van der Waals surface area contributed by atoms with E-state index in [0.29, 0.717) is 6.04 Å². The standard InChI is InChI=1S/C17H29N3/c1-12-8-6-7-9-16(12)20(5)17-15(11-18-4)13(2)10-14(3)19-17/h10,12,16,18H,6-9,11H2,1-5H3. The van der Waals surface area contributed by atoms with Gasteiger partial charge in [0.15, 0.2) is 0 Å². The molecule has 0 aromatic carbocycles. The number of aromatic nitrogens is 1. The lowest BCUT2D eigenvalue weighted by Gasteiger charge is -2.38. The van der Waals surface area contributed by atoms with Crippen molar-refractivity contribution < 1.29 is 0 Å². The van der Waals surface area contributed by atoms with E-state index in [-0.39, 0.29) is 0 Å². The second kappa shape index (κ2) is 6.57. The third kappa shape index (κ3) is 3.14. The van der Waals surface area contributed by atoms with Crippen LogP contribution < -0.4 is 10.2 Å². The molecule has 0 spiro atoms. The summed E-state index contributed by atoms with van der Waals surface area (Å²) in [4.78, 5) is 7.29. The molecule has 3 nitrogen and oxygen atoms in total. The molecule has 0 aliphatic heterocycles. The van der Waals surface area contributed by atoms with Gasteiger partial charge in [-0.15, -0.1) is 0 Å². The van der Waals surface area contributed by atoms with Crippen LogP contribution in [-0.4, -0.2) is 25.1 Å². The first kappa shape index (κ1) is 15.3. The molecular formula is C17H29N3. The Kier molecular flexibility index (Phi) is 5.03. The van der Waals surface area contributed by atoms with E-state index in [1.54, 1.807) is 0 Å². The molecule has 1 saturated carbocycles. The fourth-order valence-electron chi connectivity index (χ4n) is 3.56. The van der Waals surface area contributed by atoms with Gasteiger partial charge in [-0.05, 0) is 51.3 Å². The Balaban J connectivity index is 2.34. The molecule has 1 aromatic heterocycles. The van der Waals surface area contributed by atoms with Gasteiger partial charge in [-0.2, -0.15) is 0 Å². The van der Waals surface area contributed by atoms with E-state index in [9.17, 15) is 0 Å². The van der Waals surface area contributed by atoms with Gasteiger partial charge < -0.3 is 10.2 Å². The second-order valence-electron chi connectivity index (χ2n) is 6.35. The minimum atomic E-state index is 0.632. The topological polar surface area (TPSA) is 28.2 Å². The summed E-state index contributed by atoms with van der Waals surface area (Å²) in [6.45, 7) is 7.57. The molecule has 1 aliphatic carbocycles. The van der Waals surface area contributed by atoms with Gasteiger partial charge in [0.05, 0.1) is 0 Å². The summed E-state index contributed by atoms with van der Waals surface area (Å²) in [6.07, 6.45) is 5.38. The highest BCUT2D eigenvalue weighted by Crippen LogP contribution is 2.32. The SMILES string of the molecule is CNCc1c(C)cc(C)nc1N(C)C1CCCCC1C. The Bertz CT molecular complexity index is 456. The minimum absolute atomic E-state index is 0.632. The highest BCUT2D eigenvalue weighted by Gasteiger charge is 2.27. The van der Waals surface area contributed by atoms with E-state index in [0.717, 1.165) is 18.2 Å². The number of anilines is 1. The molecule has 0 bridgehead atoms. The number of hydrogen-bond acceptors (Lipinski definition) is 3. The summed E-state index contributed by atoms with van der Waals surface area (Å²) in [5, 5.41) is 3.29. The van der Waals surface area contributed by atoms with Gasteiger partial charge >= 0.3 is 0 Å². The van der Waals surface area contributed by atoms with Crippen LogP contribution in [0.15, 0.2) is 6.07 Å². The molecular weight excluding hydrogens is 246 g/mol. The predicted octanol–water partition coefficient (Wildman–Crippen LogP) is 3.43. The third-order valence-corrected chi connectivity index (χ3v) is 4.70. The molecule has 2 atom stereocenters. The predicted molar refractivity (Wildman–Crippen MR) is 86.3 cm³/mol. The lowest BCUT2D eigenvalue weighted by molar-refractivity contribution is 0.320. The fourth-order valence-corrected chi connectivity index (χ4v) is 3.56. The summed E-state index contributed by atoms with van der Waals surface area (Å²) < 4.78 is 0. The third-order valence-electron chi connectivity index (χ3n) is 4.70. The van der Waals surface area contributed by atoms with Gasteiger partial charge in [0.25, 0.3) is 0 Å². The van der Waals surface area contributed by atoms with Crippen LogP contribution in [0.3, 0.4) is 0 Å². The monoisotopic (exact) mass is 275 g/mol. The van der Waals surface area contributed by atoms with Gasteiger partial charge in [0.1, 0.15) is 5.82 Å². The van der Waals surface area contributed by atoms with Crippen molar-refractivity contribution in [2.75, 3.05) is 19.0 Å². The van der Waals surface area contributed by atoms with E-state index in [4.69, 9.17) is 4.98 Å². The van der Waals surface area contributed by atoms with Crippen molar-refractivity contribution in [2.45, 2.75) is 59.0 Å². The van der Waals surface area contributed by atoms with Crippen LogP contribution in [0.2, 0.25) is 0 Å². The fraction of sp³-hybridized carbons (Fsp3) is 0.706. The number of nitrogens with zero attached hydrogens (tertiary/aromatic N) is 2. The maximum Gasteiger partial charge on any atom is 0.133 e. The molecule has 1 aromatic rings. The maximum atomic E-state index is 4.85. The van der Waals surface area contributed by atoms with E-state index in [1.807, 2.05) is 7.05 Å². The number of hydrogen-bond donors (Lipinski definition) is 1. The zero-order valence-electron chi connectivity index (χ0n) is 13.7. The molecule has 1 N–H and O–H groups in total. The van der Waals surface area contributed by atoms with Crippen molar-refractivity contribution >= 4 is 5.82 Å². The van der Waals surface area contributed by atoms with Crippen molar-refractivity contribution in [1.82, 2.24) is 10.3 Å². The lowest BCUT2D eigenvalue weighted by atomic mass is 9.85. The Morgan fingerprint density at radius 2 is 2.00 bits per heavy atom. The van der Waals surface area contributed by atoms with Crippen LogP contribution in [0.25, 0.3) is 0 Å². The lowest BCUT2D eigenvalue weighted by Crippen LogP contribution is -2.40. The molecule has 20 heavy (non-hydrogen) atoms. The first-order chi connectivity index (χ1) is 9.54. The van der Waals surface area contributed by atoms with Crippen LogP contribution in [-0.2, 0) is 6.54 Å². The quantitative estimate of drug-likeness (QED) is 0.912. The van der Waals surface area contributed by atoms with E-state index >= 15 is 0 Å². The summed E-state index contributed by atoms with van der Waals surface area (Å²) in [5.41, 5.74) is 3.81. The Hall–Kier alpha value is -1.09. The van der Waals surface area contributed by atoms with Crippen molar-refractivity contribution in [1.29, 1.82) is 0 Å². The Labute approximate surface area is 123 Å². The van der Waals surface area contributed by atoms with Crippen LogP contribution in [0.1, 0.15) is 49.4 Å². The molecule has 2 rings (SSSR count). The molecule has 0 radical (unpaired) electrons. The smallest absolute Gasteiger partial charge is 0.133 e. The average Bonchev–Trinajstić information content (AvgIpc) is 2.41. The van der Waals surface area contributed by atoms with E-state index in [2.05, 4.69) is 44.1 Å².